The van der Waals surface area contributed by atoms with Gasteiger partial charge in [0, 0.05) is 18.8 Å². The van der Waals surface area contributed by atoms with Gasteiger partial charge in [-0.25, -0.2) is 14.2 Å². The number of anilines is 3. The van der Waals surface area contributed by atoms with Crippen molar-refractivity contribution in [3.05, 3.63) is 60.5 Å². The predicted octanol–water partition coefficient (Wildman–Crippen LogP) is 5.97. The molecule has 1 atom stereocenters. The maximum Gasteiger partial charge on any atom is 0.410 e. The van der Waals surface area contributed by atoms with Crippen LogP contribution in [0.2, 0.25) is 0 Å². The first-order valence-corrected chi connectivity index (χ1v) is 12.2. The van der Waals surface area contributed by atoms with Gasteiger partial charge in [0.1, 0.15) is 28.6 Å². The Morgan fingerprint density at radius 2 is 1.92 bits per heavy atom. The van der Waals surface area contributed by atoms with E-state index in [-0.39, 0.29) is 29.8 Å². The lowest BCUT2D eigenvalue weighted by molar-refractivity contribution is 0.0235. The second kappa shape index (κ2) is 11.3. The quantitative estimate of drug-likeness (QED) is 0.383. The summed E-state index contributed by atoms with van der Waals surface area (Å²) in [4.78, 5) is 23.3. The number of halogens is 1. The zero-order valence-electron chi connectivity index (χ0n) is 21.5. The summed E-state index contributed by atoms with van der Waals surface area (Å²) in [6.07, 6.45) is 3.02. The first kappa shape index (κ1) is 26.0. The highest BCUT2D eigenvalue weighted by Crippen LogP contribution is 2.31. The Kier molecular flexibility index (Phi) is 7.95. The Bertz CT molecular complexity index is 1220. The second-order valence-corrected chi connectivity index (χ2v) is 9.68. The smallest absolute Gasteiger partial charge is 0.410 e. The van der Waals surface area contributed by atoms with Crippen molar-refractivity contribution in [2.24, 2.45) is 0 Å². The molecule has 1 fully saturated rings. The van der Waals surface area contributed by atoms with Gasteiger partial charge in [0.2, 0.25) is 11.8 Å². The van der Waals surface area contributed by atoms with Gasteiger partial charge in [-0.3, -0.25) is 0 Å². The Morgan fingerprint density at radius 1 is 1.16 bits per heavy atom. The molecule has 0 bridgehead atoms. The van der Waals surface area contributed by atoms with E-state index in [0.717, 1.165) is 12.8 Å². The van der Waals surface area contributed by atoms with E-state index in [1.807, 2.05) is 20.8 Å². The molecule has 0 spiro atoms. The molecule has 1 amide bonds. The minimum atomic E-state index is -0.560. The molecule has 1 aliphatic heterocycles. The molecule has 3 aromatic rings. The van der Waals surface area contributed by atoms with Crippen LogP contribution in [0.3, 0.4) is 0 Å². The van der Waals surface area contributed by atoms with E-state index in [4.69, 9.17) is 14.2 Å². The van der Waals surface area contributed by atoms with Gasteiger partial charge in [0.15, 0.2) is 0 Å². The molecule has 0 aliphatic carbocycles. The Hall–Kier alpha value is -4.08. The highest BCUT2D eigenvalue weighted by atomic mass is 19.1. The minimum absolute atomic E-state index is 0.0474. The van der Waals surface area contributed by atoms with Crippen LogP contribution in [-0.2, 0) is 4.74 Å². The molecule has 1 saturated heterocycles. The predicted molar refractivity (Wildman–Crippen MR) is 139 cm³/mol. The Morgan fingerprint density at radius 3 is 2.62 bits per heavy atom. The lowest BCUT2D eigenvalue weighted by atomic mass is 10.2. The number of aromatic nitrogens is 2. The fourth-order valence-corrected chi connectivity index (χ4v) is 3.91. The number of carbonyl (C=O) groups excluding carboxylic acids is 1. The zero-order chi connectivity index (χ0) is 26.4. The third-order valence-electron chi connectivity index (χ3n) is 5.64. The van der Waals surface area contributed by atoms with Crippen molar-refractivity contribution < 1.29 is 23.4 Å². The molecule has 4 rings (SSSR count). The fourth-order valence-electron chi connectivity index (χ4n) is 3.91. The van der Waals surface area contributed by atoms with Crippen molar-refractivity contribution >= 4 is 23.4 Å². The van der Waals surface area contributed by atoms with E-state index in [0.29, 0.717) is 36.0 Å². The number of likely N-dealkylation sites (tertiary alicyclic amines) is 1. The maximum atomic E-state index is 13.6. The van der Waals surface area contributed by atoms with Gasteiger partial charge in [-0.2, -0.15) is 4.98 Å². The van der Waals surface area contributed by atoms with Crippen molar-refractivity contribution in [2.45, 2.75) is 45.3 Å². The average Bonchev–Trinajstić information content (AvgIpc) is 3.32. The van der Waals surface area contributed by atoms with E-state index in [1.54, 1.807) is 54.6 Å². The first-order valence-electron chi connectivity index (χ1n) is 12.2. The van der Waals surface area contributed by atoms with Gasteiger partial charge in [-0.1, -0.05) is 6.07 Å². The molecule has 1 unspecified atom stereocenters. The fraction of sp³-hybridized carbons (Fsp3) is 0.370. The van der Waals surface area contributed by atoms with Crippen molar-refractivity contribution in [1.29, 1.82) is 0 Å². The topological polar surface area (TPSA) is 97.8 Å². The minimum Gasteiger partial charge on any atom is -0.497 e. The van der Waals surface area contributed by atoms with Crippen LogP contribution in [0.4, 0.5) is 26.5 Å². The highest BCUT2D eigenvalue weighted by molar-refractivity contribution is 5.69. The van der Waals surface area contributed by atoms with Crippen LogP contribution >= 0.6 is 0 Å². The number of nitrogens with zero attached hydrogens (tertiary/aromatic N) is 3. The van der Waals surface area contributed by atoms with Crippen LogP contribution in [0.25, 0.3) is 0 Å². The van der Waals surface area contributed by atoms with Crippen LogP contribution < -0.4 is 20.1 Å². The van der Waals surface area contributed by atoms with Gasteiger partial charge >= 0.3 is 6.09 Å². The standard InChI is InChI=1S/C27H32FN5O4/c1-27(2,3)37-26(34)33-14-6-9-20(33)16-29-23-17-30-25(31-19-8-5-7-18(28)15-19)32-24(23)36-22-12-10-21(35-4)11-13-22/h5,7-8,10-13,15,17,20,29H,6,9,14,16H2,1-4H3,(H,30,31,32). The summed E-state index contributed by atoms with van der Waals surface area (Å²) in [6.45, 7) is 6.68. The molecule has 9 nitrogen and oxygen atoms in total. The average molecular weight is 510 g/mol. The second-order valence-electron chi connectivity index (χ2n) is 9.68. The van der Waals surface area contributed by atoms with Gasteiger partial charge < -0.3 is 29.7 Å². The summed E-state index contributed by atoms with van der Waals surface area (Å²) in [5, 5.41) is 6.33. The first-order chi connectivity index (χ1) is 17.7. The molecule has 196 valence electrons. The normalized spacial score (nSPS) is 15.3. The molecule has 2 heterocycles. The van der Waals surface area contributed by atoms with Gasteiger partial charge in [-0.05, 0) is 76.1 Å². The van der Waals surface area contributed by atoms with E-state index in [2.05, 4.69) is 20.6 Å². The summed E-state index contributed by atoms with van der Waals surface area (Å²) in [5.41, 5.74) is 0.502. The number of methoxy groups -OCH3 is 1. The summed E-state index contributed by atoms with van der Waals surface area (Å²) >= 11 is 0. The van der Waals surface area contributed by atoms with Crippen molar-refractivity contribution in [1.82, 2.24) is 14.9 Å². The molecular formula is C27H32FN5O4. The van der Waals surface area contributed by atoms with Crippen molar-refractivity contribution in [3.63, 3.8) is 0 Å². The summed E-state index contributed by atoms with van der Waals surface area (Å²) < 4.78 is 30.5. The summed E-state index contributed by atoms with van der Waals surface area (Å²) in [6, 6.07) is 13.1. The SMILES string of the molecule is COc1ccc(Oc2nc(Nc3cccc(F)c3)ncc2NCC2CCCN2C(=O)OC(C)(C)C)cc1. The molecule has 1 aliphatic rings. The molecule has 1 aromatic heterocycles. The van der Waals surface area contributed by atoms with E-state index in [1.165, 1.54) is 12.1 Å². The Balaban J connectivity index is 1.52. The molecule has 10 heteroatoms. The van der Waals surface area contributed by atoms with Crippen LogP contribution in [-0.4, -0.2) is 52.8 Å². The molecular weight excluding hydrogens is 477 g/mol. The maximum absolute atomic E-state index is 13.6. The summed E-state index contributed by atoms with van der Waals surface area (Å²) in [5.74, 6) is 1.40. The Labute approximate surface area is 216 Å². The molecule has 37 heavy (non-hydrogen) atoms. The number of hydrogen-bond donors (Lipinski definition) is 2. The zero-order valence-corrected chi connectivity index (χ0v) is 21.5. The van der Waals surface area contributed by atoms with E-state index >= 15 is 0 Å². The van der Waals surface area contributed by atoms with E-state index < -0.39 is 5.60 Å². The highest BCUT2D eigenvalue weighted by Gasteiger charge is 2.32. The molecule has 0 radical (unpaired) electrons. The lowest BCUT2D eigenvalue weighted by Gasteiger charge is -2.29. The van der Waals surface area contributed by atoms with Crippen molar-refractivity contribution in [2.75, 3.05) is 30.8 Å². The third-order valence-corrected chi connectivity index (χ3v) is 5.64. The lowest BCUT2D eigenvalue weighted by Crippen LogP contribution is -2.42. The number of amides is 1. The third kappa shape index (κ3) is 7.22. The monoisotopic (exact) mass is 509 g/mol. The van der Waals surface area contributed by atoms with Crippen LogP contribution in [0.15, 0.2) is 54.7 Å². The number of nitrogens with one attached hydrogen (secondary N) is 2. The van der Waals surface area contributed by atoms with E-state index in [9.17, 15) is 9.18 Å². The van der Waals surface area contributed by atoms with Crippen molar-refractivity contribution in [3.8, 4) is 17.4 Å². The number of benzene rings is 2. The largest absolute Gasteiger partial charge is 0.497 e. The molecule has 0 saturated carbocycles. The van der Waals surface area contributed by atoms with Crippen LogP contribution in [0.1, 0.15) is 33.6 Å². The van der Waals surface area contributed by atoms with Gasteiger partial charge in [0.25, 0.3) is 0 Å². The van der Waals surface area contributed by atoms with Gasteiger partial charge in [0.05, 0.1) is 19.3 Å². The van der Waals surface area contributed by atoms with Crippen LogP contribution in [0.5, 0.6) is 17.4 Å². The number of rotatable bonds is 8. The number of ether oxygens (including phenoxy) is 3. The van der Waals surface area contributed by atoms with Crippen LogP contribution in [0, 0.1) is 5.82 Å². The number of hydrogen-bond acceptors (Lipinski definition) is 8. The molecule has 2 aromatic carbocycles. The number of carbonyl (C=O) groups is 1. The summed E-state index contributed by atoms with van der Waals surface area (Å²) in [7, 11) is 1.59. The van der Waals surface area contributed by atoms with Gasteiger partial charge in [-0.15, -0.1) is 0 Å². The molecule has 2 N–H and O–H groups in total.